The quantitative estimate of drug-likeness (QED) is 0.529. The molecule has 150 valence electrons. The van der Waals surface area contributed by atoms with Crippen LogP contribution in [-0.4, -0.2) is 39.9 Å². The largest absolute Gasteiger partial charge is 0.493 e. The van der Waals surface area contributed by atoms with Crippen LogP contribution in [-0.2, 0) is 16.2 Å². The van der Waals surface area contributed by atoms with Crippen LogP contribution in [0.15, 0.2) is 47.4 Å². The van der Waals surface area contributed by atoms with Crippen molar-refractivity contribution in [2.45, 2.75) is 13.5 Å². The second-order valence-electron chi connectivity index (χ2n) is 6.29. The number of amides is 1. The Balaban J connectivity index is 1.77. The number of thioether (sulfide) groups is 1. The average molecular weight is 430 g/mol. The number of aryl methyl sites for hydroxylation is 1. The number of carbonyl (C=O) groups is 2. The van der Waals surface area contributed by atoms with Gasteiger partial charge in [-0.1, -0.05) is 54.3 Å². The molecule has 1 aliphatic heterocycles. The van der Waals surface area contributed by atoms with Gasteiger partial charge in [0.2, 0.25) is 0 Å². The fourth-order valence-corrected chi connectivity index (χ4v) is 4.00. The maximum absolute atomic E-state index is 12.4. The number of aliphatic carboxylic acids is 1. The van der Waals surface area contributed by atoms with Crippen LogP contribution >= 0.6 is 24.0 Å². The van der Waals surface area contributed by atoms with E-state index in [4.69, 9.17) is 26.8 Å². The highest BCUT2D eigenvalue weighted by molar-refractivity contribution is 8.26. The number of benzene rings is 2. The number of nitrogens with zero attached hydrogens (tertiary/aromatic N) is 1. The van der Waals surface area contributed by atoms with E-state index in [0.29, 0.717) is 23.0 Å². The summed E-state index contributed by atoms with van der Waals surface area (Å²) in [5, 5.41) is 8.92. The number of ether oxygens (including phenoxy) is 2. The molecule has 0 radical (unpaired) electrons. The zero-order chi connectivity index (χ0) is 21.0. The van der Waals surface area contributed by atoms with E-state index in [2.05, 4.69) is 0 Å². The van der Waals surface area contributed by atoms with Crippen LogP contribution in [0, 0.1) is 6.92 Å². The van der Waals surface area contributed by atoms with Gasteiger partial charge >= 0.3 is 5.97 Å². The minimum atomic E-state index is -1.11. The zero-order valence-electron chi connectivity index (χ0n) is 15.9. The van der Waals surface area contributed by atoms with Crippen molar-refractivity contribution < 1.29 is 24.2 Å². The first kappa shape index (κ1) is 20.9. The lowest BCUT2D eigenvalue weighted by Gasteiger charge is -2.13. The summed E-state index contributed by atoms with van der Waals surface area (Å²) in [6.45, 7) is 1.99. The SMILES string of the molecule is COc1cc(/C=C2\SC(=S)N(CC(=O)O)C2=O)ccc1OCc1ccccc1C. The number of carboxylic acid groups (broad SMARTS) is 1. The molecule has 1 saturated heterocycles. The van der Waals surface area contributed by atoms with Crippen LogP contribution in [0.3, 0.4) is 0 Å². The standard InChI is InChI=1S/C21H19NO5S2/c1-13-5-3-4-6-15(13)12-27-16-8-7-14(9-17(16)26-2)10-18-20(25)22(11-19(23)24)21(28)29-18/h3-10H,11-12H2,1-2H3,(H,23,24)/b18-10-. The van der Waals surface area contributed by atoms with E-state index < -0.39 is 18.4 Å². The number of thiocarbonyl (C=S) groups is 1. The highest BCUT2D eigenvalue weighted by Crippen LogP contribution is 2.35. The average Bonchev–Trinajstić information content (AvgIpc) is 2.95. The van der Waals surface area contributed by atoms with Crippen molar-refractivity contribution in [1.29, 1.82) is 0 Å². The second kappa shape index (κ2) is 9.11. The summed E-state index contributed by atoms with van der Waals surface area (Å²) in [5.41, 5.74) is 2.95. The van der Waals surface area contributed by atoms with Crippen LogP contribution < -0.4 is 9.47 Å². The molecule has 1 fully saturated rings. The minimum Gasteiger partial charge on any atom is -0.493 e. The van der Waals surface area contributed by atoms with Crippen LogP contribution in [0.5, 0.6) is 11.5 Å². The van der Waals surface area contributed by atoms with Crippen molar-refractivity contribution in [1.82, 2.24) is 4.90 Å². The highest BCUT2D eigenvalue weighted by atomic mass is 32.2. The molecule has 6 nitrogen and oxygen atoms in total. The number of carbonyl (C=O) groups excluding carboxylic acids is 1. The van der Waals surface area contributed by atoms with Crippen LogP contribution in [0.25, 0.3) is 6.08 Å². The van der Waals surface area contributed by atoms with Crippen molar-refractivity contribution in [2.75, 3.05) is 13.7 Å². The Morgan fingerprint density at radius 3 is 2.69 bits per heavy atom. The Labute approximate surface area is 178 Å². The van der Waals surface area contributed by atoms with Crippen molar-refractivity contribution in [2.24, 2.45) is 0 Å². The van der Waals surface area contributed by atoms with Crippen LogP contribution in [0.4, 0.5) is 0 Å². The molecular formula is C21H19NO5S2. The Bertz CT molecular complexity index is 1000. The molecule has 1 aliphatic rings. The van der Waals surface area contributed by atoms with Crippen molar-refractivity contribution >= 4 is 46.3 Å². The molecule has 0 spiro atoms. The molecular weight excluding hydrogens is 410 g/mol. The first-order valence-corrected chi connectivity index (χ1v) is 9.94. The molecule has 3 rings (SSSR count). The third-order valence-electron chi connectivity index (χ3n) is 4.30. The molecule has 29 heavy (non-hydrogen) atoms. The van der Waals surface area contributed by atoms with Crippen LogP contribution in [0.2, 0.25) is 0 Å². The summed E-state index contributed by atoms with van der Waals surface area (Å²) in [4.78, 5) is 24.7. The molecule has 1 N–H and O–H groups in total. The van der Waals surface area contributed by atoms with Gasteiger partial charge in [0, 0.05) is 0 Å². The monoisotopic (exact) mass is 429 g/mol. The number of methoxy groups -OCH3 is 1. The third kappa shape index (κ3) is 4.96. The molecule has 2 aromatic carbocycles. The lowest BCUT2D eigenvalue weighted by molar-refractivity contribution is -0.140. The molecule has 1 heterocycles. The molecule has 2 aromatic rings. The first-order chi connectivity index (χ1) is 13.9. The summed E-state index contributed by atoms with van der Waals surface area (Å²) in [6, 6.07) is 13.3. The van der Waals surface area contributed by atoms with Crippen molar-refractivity contribution in [3.05, 3.63) is 64.1 Å². The normalized spacial score (nSPS) is 15.1. The molecule has 0 aliphatic carbocycles. The van der Waals surface area contributed by atoms with Crippen molar-refractivity contribution in [3.63, 3.8) is 0 Å². The number of carboxylic acids is 1. The molecule has 0 saturated carbocycles. The highest BCUT2D eigenvalue weighted by Gasteiger charge is 2.33. The Hall–Kier alpha value is -2.84. The van der Waals surface area contributed by atoms with E-state index in [1.807, 2.05) is 31.2 Å². The van der Waals surface area contributed by atoms with Gasteiger partial charge < -0.3 is 14.6 Å². The van der Waals surface area contributed by atoms with Gasteiger partial charge in [-0.3, -0.25) is 14.5 Å². The summed E-state index contributed by atoms with van der Waals surface area (Å²) in [7, 11) is 1.55. The molecule has 1 amide bonds. The lowest BCUT2D eigenvalue weighted by Crippen LogP contribution is -2.33. The van der Waals surface area contributed by atoms with E-state index in [1.54, 1.807) is 31.4 Å². The van der Waals surface area contributed by atoms with E-state index in [-0.39, 0.29) is 4.32 Å². The predicted molar refractivity (Wildman–Crippen MR) is 116 cm³/mol. The number of hydrogen-bond donors (Lipinski definition) is 1. The lowest BCUT2D eigenvalue weighted by atomic mass is 10.1. The van der Waals surface area contributed by atoms with Gasteiger partial charge in [0.1, 0.15) is 17.5 Å². The maximum Gasteiger partial charge on any atom is 0.323 e. The number of hydrogen-bond acceptors (Lipinski definition) is 6. The van der Waals surface area contributed by atoms with Gasteiger partial charge in [-0.2, -0.15) is 0 Å². The fourth-order valence-electron chi connectivity index (χ4n) is 2.74. The molecule has 8 heteroatoms. The summed E-state index contributed by atoms with van der Waals surface area (Å²) in [5.74, 6) is -0.403. The van der Waals surface area contributed by atoms with Gasteiger partial charge in [0.05, 0.1) is 12.0 Å². The summed E-state index contributed by atoms with van der Waals surface area (Å²) >= 11 is 6.19. The van der Waals surface area contributed by atoms with Gasteiger partial charge in [-0.25, -0.2) is 0 Å². The second-order valence-corrected chi connectivity index (χ2v) is 7.96. The Morgan fingerprint density at radius 1 is 1.24 bits per heavy atom. The van der Waals surface area contributed by atoms with E-state index in [9.17, 15) is 9.59 Å². The van der Waals surface area contributed by atoms with E-state index in [1.165, 1.54) is 0 Å². The molecule has 0 bridgehead atoms. The molecule has 0 atom stereocenters. The Morgan fingerprint density at radius 2 is 2.00 bits per heavy atom. The number of rotatable bonds is 7. The fraction of sp³-hybridized carbons (Fsp3) is 0.190. The minimum absolute atomic E-state index is 0.230. The Kier molecular flexibility index (Phi) is 6.56. The van der Waals surface area contributed by atoms with E-state index in [0.717, 1.165) is 33.4 Å². The summed E-state index contributed by atoms with van der Waals surface area (Å²) in [6.07, 6.45) is 1.66. The predicted octanol–water partition coefficient (Wildman–Crippen LogP) is 3.87. The topological polar surface area (TPSA) is 76.1 Å². The van der Waals surface area contributed by atoms with E-state index >= 15 is 0 Å². The van der Waals surface area contributed by atoms with Gasteiger partial charge in [-0.05, 0) is 41.8 Å². The maximum atomic E-state index is 12.4. The zero-order valence-corrected chi connectivity index (χ0v) is 17.5. The van der Waals surface area contributed by atoms with Crippen molar-refractivity contribution in [3.8, 4) is 11.5 Å². The molecule has 0 aromatic heterocycles. The van der Waals surface area contributed by atoms with Gasteiger partial charge in [0.15, 0.2) is 11.5 Å². The van der Waals surface area contributed by atoms with Gasteiger partial charge in [0.25, 0.3) is 5.91 Å². The van der Waals surface area contributed by atoms with Gasteiger partial charge in [-0.15, -0.1) is 0 Å². The smallest absolute Gasteiger partial charge is 0.323 e. The third-order valence-corrected chi connectivity index (χ3v) is 5.67. The molecule has 0 unspecified atom stereocenters. The first-order valence-electron chi connectivity index (χ1n) is 8.71. The van der Waals surface area contributed by atoms with Crippen LogP contribution in [0.1, 0.15) is 16.7 Å². The summed E-state index contributed by atoms with van der Waals surface area (Å²) < 4.78 is 11.6.